The van der Waals surface area contributed by atoms with Crippen LogP contribution in [0.5, 0.6) is 0 Å². The Morgan fingerprint density at radius 2 is 2.25 bits per heavy atom. The molecule has 1 aromatic rings. The summed E-state index contributed by atoms with van der Waals surface area (Å²) in [6.07, 6.45) is 5.94. The molecule has 0 aromatic carbocycles. The molecule has 0 saturated carbocycles. The number of hydrogen-bond acceptors (Lipinski definition) is 2. The first-order valence-corrected chi connectivity index (χ1v) is 4.24. The number of aryl methyl sites for hydroxylation is 2. The summed E-state index contributed by atoms with van der Waals surface area (Å²) in [6, 6.07) is 0. The Kier molecular flexibility index (Phi) is 2.52. The monoisotopic (exact) mass is 167 g/mol. The van der Waals surface area contributed by atoms with E-state index in [0.29, 0.717) is 0 Å². The van der Waals surface area contributed by atoms with Crippen LogP contribution in [0.25, 0.3) is 0 Å². The van der Waals surface area contributed by atoms with Crippen molar-refractivity contribution in [2.45, 2.75) is 32.2 Å². The van der Waals surface area contributed by atoms with Crippen LogP contribution in [0.15, 0.2) is 12.4 Å². The lowest BCUT2D eigenvalue weighted by molar-refractivity contribution is 0.477. The van der Waals surface area contributed by atoms with Crippen LogP contribution in [0.4, 0.5) is 0 Å². The van der Waals surface area contributed by atoms with Crippen molar-refractivity contribution in [2.24, 2.45) is 12.8 Å². The van der Waals surface area contributed by atoms with Crippen molar-refractivity contribution in [3.8, 4) is 0 Å². The number of nitrogens with zero attached hydrogens (tertiary/aromatic N) is 2. The maximum absolute atomic E-state index is 5.86. The highest BCUT2D eigenvalue weighted by atomic mass is 15.2. The third kappa shape index (κ3) is 3.05. The van der Waals surface area contributed by atoms with Gasteiger partial charge in [0.15, 0.2) is 0 Å². The third-order valence-electron chi connectivity index (χ3n) is 1.82. The van der Waals surface area contributed by atoms with E-state index in [-0.39, 0.29) is 5.54 Å². The second-order valence-electron chi connectivity index (χ2n) is 4.01. The normalized spacial score (nSPS) is 12.0. The standard InChI is InChI=1S/C9H17N3/c1-9(2,10)5-4-8-6-11-12(3)7-8/h6-7H,4-5,10H2,1-3H3. The van der Waals surface area contributed by atoms with E-state index in [1.807, 2.05) is 38.0 Å². The molecule has 0 aliphatic heterocycles. The SMILES string of the molecule is Cn1cc(CCC(C)(C)N)cn1. The van der Waals surface area contributed by atoms with E-state index in [9.17, 15) is 0 Å². The number of aromatic nitrogens is 2. The first-order valence-electron chi connectivity index (χ1n) is 4.24. The van der Waals surface area contributed by atoms with Crippen molar-refractivity contribution < 1.29 is 0 Å². The van der Waals surface area contributed by atoms with Crippen LogP contribution in [0.3, 0.4) is 0 Å². The van der Waals surface area contributed by atoms with Gasteiger partial charge in [-0.3, -0.25) is 4.68 Å². The summed E-state index contributed by atoms with van der Waals surface area (Å²) in [7, 11) is 1.93. The highest BCUT2D eigenvalue weighted by molar-refractivity contribution is 5.04. The topological polar surface area (TPSA) is 43.8 Å². The van der Waals surface area contributed by atoms with E-state index in [2.05, 4.69) is 5.10 Å². The molecule has 0 saturated heterocycles. The molecule has 0 radical (unpaired) electrons. The number of rotatable bonds is 3. The highest BCUT2D eigenvalue weighted by Crippen LogP contribution is 2.09. The van der Waals surface area contributed by atoms with Crippen LogP contribution in [0.1, 0.15) is 25.8 Å². The van der Waals surface area contributed by atoms with Crippen LogP contribution in [0, 0.1) is 0 Å². The van der Waals surface area contributed by atoms with Gasteiger partial charge in [-0.25, -0.2) is 0 Å². The van der Waals surface area contributed by atoms with E-state index in [1.54, 1.807) is 0 Å². The summed E-state index contributed by atoms with van der Waals surface area (Å²) in [6.45, 7) is 4.09. The molecule has 2 N–H and O–H groups in total. The van der Waals surface area contributed by atoms with Gasteiger partial charge in [0, 0.05) is 18.8 Å². The fourth-order valence-electron chi connectivity index (χ4n) is 1.07. The Morgan fingerprint density at radius 3 is 2.67 bits per heavy atom. The molecule has 3 heteroatoms. The molecule has 1 rings (SSSR count). The Morgan fingerprint density at radius 1 is 1.58 bits per heavy atom. The maximum Gasteiger partial charge on any atom is 0.0521 e. The second kappa shape index (κ2) is 3.27. The molecule has 0 atom stereocenters. The summed E-state index contributed by atoms with van der Waals surface area (Å²) >= 11 is 0. The molecule has 1 aromatic heterocycles. The summed E-state index contributed by atoms with van der Waals surface area (Å²) in [4.78, 5) is 0. The first kappa shape index (κ1) is 9.26. The van der Waals surface area contributed by atoms with E-state index in [4.69, 9.17) is 5.73 Å². The lowest BCUT2D eigenvalue weighted by Crippen LogP contribution is -2.32. The molecule has 0 spiro atoms. The number of nitrogens with two attached hydrogens (primary N) is 1. The van der Waals surface area contributed by atoms with E-state index in [0.717, 1.165) is 12.8 Å². The van der Waals surface area contributed by atoms with Gasteiger partial charge in [-0.15, -0.1) is 0 Å². The van der Waals surface area contributed by atoms with Gasteiger partial charge >= 0.3 is 0 Å². The summed E-state index contributed by atoms with van der Waals surface area (Å²) in [5.41, 5.74) is 7.05. The minimum absolute atomic E-state index is 0.0736. The lowest BCUT2D eigenvalue weighted by Gasteiger charge is -2.17. The van der Waals surface area contributed by atoms with Crippen LogP contribution >= 0.6 is 0 Å². The van der Waals surface area contributed by atoms with Gasteiger partial charge in [-0.1, -0.05) is 0 Å². The zero-order valence-electron chi connectivity index (χ0n) is 8.04. The van der Waals surface area contributed by atoms with Gasteiger partial charge in [-0.2, -0.15) is 5.10 Å². The molecule has 0 unspecified atom stereocenters. The predicted octanol–water partition coefficient (Wildman–Crippen LogP) is 1.09. The summed E-state index contributed by atoms with van der Waals surface area (Å²) in [5, 5.41) is 4.09. The van der Waals surface area contributed by atoms with Gasteiger partial charge in [0.25, 0.3) is 0 Å². The smallest absolute Gasteiger partial charge is 0.0521 e. The maximum atomic E-state index is 5.86. The van der Waals surface area contributed by atoms with Crippen molar-refractivity contribution >= 4 is 0 Å². The summed E-state index contributed by atoms with van der Waals surface area (Å²) in [5.74, 6) is 0. The molecule has 0 aliphatic rings. The molecule has 0 aliphatic carbocycles. The molecule has 0 fully saturated rings. The minimum Gasteiger partial charge on any atom is -0.326 e. The molecule has 1 heterocycles. The van der Waals surface area contributed by atoms with Crippen LogP contribution in [-0.2, 0) is 13.5 Å². The summed E-state index contributed by atoms with van der Waals surface area (Å²) < 4.78 is 1.82. The fourth-order valence-corrected chi connectivity index (χ4v) is 1.07. The van der Waals surface area contributed by atoms with Crippen LogP contribution in [-0.4, -0.2) is 15.3 Å². The minimum atomic E-state index is -0.0736. The molecule has 0 amide bonds. The third-order valence-corrected chi connectivity index (χ3v) is 1.82. The number of hydrogen-bond donors (Lipinski definition) is 1. The van der Waals surface area contributed by atoms with Crippen molar-refractivity contribution in [1.82, 2.24) is 9.78 Å². The zero-order valence-corrected chi connectivity index (χ0v) is 8.04. The average molecular weight is 167 g/mol. The molecule has 12 heavy (non-hydrogen) atoms. The zero-order chi connectivity index (χ0) is 9.19. The second-order valence-corrected chi connectivity index (χ2v) is 4.01. The van der Waals surface area contributed by atoms with Crippen molar-refractivity contribution in [1.29, 1.82) is 0 Å². The van der Waals surface area contributed by atoms with Gasteiger partial charge < -0.3 is 5.73 Å². The first-order chi connectivity index (χ1) is 5.47. The van der Waals surface area contributed by atoms with Crippen molar-refractivity contribution in [2.75, 3.05) is 0 Å². The van der Waals surface area contributed by atoms with Gasteiger partial charge in [0.05, 0.1) is 6.20 Å². The van der Waals surface area contributed by atoms with E-state index in [1.165, 1.54) is 5.56 Å². The van der Waals surface area contributed by atoms with E-state index >= 15 is 0 Å². The molecule has 68 valence electrons. The Balaban J connectivity index is 2.44. The molecule has 3 nitrogen and oxygen atoms in total. The highest BCUT2D eigenvalue weighted by Gasteiger charge is 2.10. The van der Waals surface area contributed by atoms with Crippen molar-refractivity contribution in [3.05, 3.63) is 18.0 Å². The van der Waals surface area contributed by atoms with Gasteiger partial charge in [0.2, 0.25) is 0 Å². The lowest BCUT2D eigenvalue weighted by atomic mass is 9.98. The largest absolute Gasteiger partial charge is 0.326 e. The van der Waals surface area contributed by atoms with Crippen molar-refractivity contribution in [3.63, 3.8) is 0 Å². The fraction of sp³-hybridized carbons (Fsp3) is 0.667. The molecular weight excluding hydrogens is 150 g/mol. The molecular formula is C9H17N3. The van der Waals surface area contributed by atoms with Gasteiger partial charge in [0.1, 0.15) is 0 Å². The quantitative estimate of drug-likeness (QED) is 0.732. The average Bonchev–Trinajstić information content (AvgIpc) is 2.30. The van der Waals surface area contributed by atoms with Crippen LogP contribution < -0.4 is 5.73 Å². The Bertz CT molecular complexity index is 245. The van der Waals surface area contributed by atoms with Crippen LogP contribution in [0.2, 0.25) is 0 Å². The molecule has 0 bridgehead atoms. The predicted molar refractivity (Wildman–Crippen MR) is 49.8 cm³/mol. The van der Waals surface area contributed by atoms with Gasteiger partial charge in [-0.05, 0) is 32.3 Å². The Hall–Kier alpha value is -0.830. The Labute approximate surface area is 73.6 Å². The van der Waals surface area contributed by atoms with E-state index < -0.39 is 0 Å².